The zero-order valence-corrected chi connectivity index (χ0v) is 12.7. The van der Waals surface area contributed by atoms with Gasteiger partial charge < -0.3 is 10.6 Å². The number of hydrogen-bond donors (Lipinski definition) is 2. The highest BCUT2D eigenvalue weighted by molar-refractivity contribution is 5.95. The second-order valence-electron chi connectivity index (χ2n) is 5.86. The summed E-state index contributed by atoms with van der Waals surface area (Å²) in [5.41, 5.74) is 2.13. The van der Waals surface area contributed by atoms with Crippen LogP contribution in [0.3, 0.4) is 0 Å². The lowest BCUT2D eigenvalue weighted by molar-refractivity contribution is -0.117. The lowest BCUT2D eigenvalue weighted by Gasteiger charge is -2.07. The molecule has 0 bridgehead atoms. The van der Waals surface area contributed by atoms with Gasteiger partial charge in [-0.25, -0.2) is 0 Å². The average molecular weight is 295 g/mol. The van der Waals surface area contributed by atoms with Crippen molar-refractivity contribution in [2.24, 2.45) is 17.8 Å². The Kier molecular flexibility index (Phi) is 5.06. The molecule has 2 saturated carbocycles. The van der Waals surface area contributed by atoms with E-state index in [0.29, 0.717) is 11.8 Å². The summed E-state index contributed by atoms with van der Waals surface area (Å²) in [6, 6.07) is 8.11. The SMILES string of the molecule is CNCc1cccc(NC(=O)C2C3CCCCC32)c1.Cl. The highest BCUT2D eigenvalue weighted by Gasteiger charge is 2.54. The Bertz CT molecular complexity index is 465. The number of benzene rings is 1. The highest BCUT2D eigenvalue weighted by Crippen LogP contribution is 2.55. The van der Waals surface area contributed by atoms with Crippen LogP contribution >= 0.6 is 12.4 Å². The van der Waals surface area contributed by atoms with Crippen molar-refractivity contribution in [2.75, 3.05) is 12.4 Å². The molecule has 0 heterocycles. The first-order chi connectivity index (χ1) is 9.29. The van der Waals surface area contributed by atoms with Crippen molar-refractivity contribution in [3.05, 3.63) is 29.8 Å². The van der Waals surface area contributed by atoms with E-state index in [1.165, 1.54) is 31.2 Å². The zero-order valence-electron chi connectivity index (χ0n) is 11.9. The minimum absolute atomic E-state index is 0. The summed E-state index contributed by atoms with van der Waals surface area (Å²) in [4.78, 5) is 12.3. The van der Waals surface area contributed by atoms with E-state index in [4.69, 9.17) is 0 Å². The molecule has 1 amide bonds. The molecule has 20 heavy (non-hydrogen) atoms. The van der Waals surface area contributed by atoms with E-state index in [9.17, 15) is 4.79 Å². The number of rotatable bonds is 4. The average Bonchev–Trinajstić information content (AvgIpc) is 3.14. The Labute approximate surface area is 126 Å². The first-order valence-electron chi connectivity index (χ1n) is 7.34. The minimum atomic E-state index is 0. The Balaban J connectivity index is 0.00000147. The number of amides is 1. The third kappa shape index (κ3) is 3.15. The van der Waals surface area contributed by atoms with E-state index in [1.807, 2.05) is 19.2 Å². The number of anilines is 1. The smallest absolute Gasteiger partial charge is 0.228 e. The molecule has 4 heteroatoms. The molecule has 3 nitrogen and oxygen atoms in total. The van der Waals surface area contributed by atoms with Crippen molar-refractivity contribution in [1.82, 2.24) is 5.32 Å². The fraction of sp³-hybridized carbons (Fsp3) is 0.562. The Morgan fingerprint density at radius 2 is 1.95 bits per heavy atom. The number of carbonyl (C=O) groups excluding carboxylic acids is 1. The van der Waals surface area contributed by atoms with Gasteiger partial charge in [-0.15, -0.1) is 12.4 Å². The Morgan fingerprint density at radius 3 is 2.60 bits per heavy atom. The van der Waals surface area contributed by atoms with Gasteiger partial charge in [0.1, 0.15) is 0 Å². The number of hydrogen-bond acceptors (Lipinski definition) is 2. The number of nitrogens with one attached hydrogen (secondary N) is 2. The fourth-order valence-electron chi connectivity index (χ4n) is 3.57. The maximum absolute atomic E-state index is 12.3. The Hall–Kier alpha value is -1.06. The van der Waals surface area contributed by atoms with Gasteiger partial charge in [-0.05, 0) is 49.4 Å². The van der Waals surface area contributed by atoms with Crippen LogP contribution in [0.4, 0.5) is 5.69 Å². The van der Waals surface area contributed by atoms with Crippen LogP contribution in [0.1, 0.15) is 31.2 Å². The molecule has 0 saturated heterocycles. The van der Waals surface area contributed by atoms with Gasteiger partial charge in [-0.2, -0.15) is 0 Å². The molecule has 110 valence electrons. The van der Waals surface area contributed by atoms with Crippen molar-refractivity contribution in [3.63, 3.8) is 0 Å². The monoisotopic (exact) mass is 294 g/mol. The van der Waals surface area contributed by atoms with Crippen LogP contribution < -0.4 is 10.6 Å². The van der Waals surface area contributed by atoms with Gasteiger partial charge in [0.05, 0.1) is 0 Å². The predicted molar refractivity (Wildman–Crippen MR) is 84.0 cm³/mol. The molecular weight excluding hydrogens is 272 g/mol. The standard InChI is InChI=1S/C16H22N2O.ClH/c1-17-10-11-5-4-6-12(9-11)18-16(19)15-13-7-2-3-8-14(13)15;/h4-6,9,13-15,17H,2-3,7-8,10H2,1H3,(H,18,19);1H. The van der Waals surface area contributed by atoms with Crippen molar-refractivity contribution < 1.29 is 4.79 Å². The molecule has 2 aliphatic carbocycles. The van der Waals surface area contributed by atoms with Crippen LogP contribution in [-0.4, -0.2) is 13.0 Å². The summed E-state index contributed by atoms with van der Waals surface area (Å²) in [7, 11) is 1.93. The molecule has 2 unspecified atom stereocenters. The third-order valence-electron chi connectivity index (χ3n) is 4.53. The van der Waals surface area contributed by atoms with Crippen molar-refractivity contribution in [2.45, 2.75) is 32.2 Å². The molecule has 0 aromatic heterocycles. The van der Waals surface area contributed by atoms with Gasteiger partial charge in [-0.1, -0.05) is 25.0 Å². The molecule has 2 aliphatic rings. The summed E-state index contributed by atoms with van der Waals surface area (Å²) in [5, 5.41) is 6.22. The maximum Gasteiger partial charge on any atom is 0.228 e. The van der Waals surface area contributed by atoms with E-state index in [-0.39, 0.29) is 24.2 Å². The van der Waals surface area contributed by atoms with Crippen molar-refractivity contribution >= 4 is 24.0 Å². The number of fused-ring (bicyclic) bond motifs is 1. The molecule has 0 spiro atoms. The van der Waals surface area contributed by atoms with Gasteiger partial charge in [-0.3, -0.25) is 4.79 Å². The maximum atomic E-state index is 12.3. The second kappa shape index (κ2) is 6.59. The van der Waals surface area contributed by atoms with Crippen LogP contribution in [0.2, 0.25) is 0 Å². The van der Waals surface area contributed by atoms with Gasteiger partial charge in [0, 0.05) is 18.2 Å². The highest BCUT2D eigenvalue weighted by atomic mass is 35.5. The fourth-order valence-corrected chi connectivity index (χ4v) is 3.57. The molecule has 2 N–H and O–H groups in total. The number of carbonyl (C=O) groups is 1. The van der Waals surface area contributed by atoms with Crippen molar-refractivity contribution in [1.29, 1.82) is 0 Å². The van der Waals surface area contributed by atoms with Gasteiger partial charge in [0.15, 0.2) is 0 Å². The summed E-state index contributed by atoms with van der Waals surface area (Å²) in [6.07, 6.45) is 5.12. The van der Waals surface area contributed by atoms with Crippen LogP contribution in [0.15, 0.2) is 24.3 Å². The molecule has 2 fully saturated rings. The molecule has 0 aliphatic heterocycles. The molecule has 3 rings (SSSR count). The van der Waals surface area contributed by atoms with E-state index in [1.54, 1.807) is 0 Å². The molecule has 1 aromatic carbocycles. The van der Waals surface area contributed by atoms with E-state index >= 15 is 0 Å². The minimum Gasteiger partial charge on any atom is -0.326 e. The largest absolute Gasteiger partial charge is 0.326 e. The molecule has 1 aromatic rings. The summed E-state index contributed by atoms with van der Waals surface area (Å²) in [6.45, 7) is 0.832. The van der Waals surface area contributed by atoms with Crippen LogP contribution in [0, 0.1) is 17.8 Å². The first kappa shape index (κ1) is 15.3. The summed E-state index contributed by atoms with van der Waals surface area (Å²) in [5.74, 6) is 1.87. The lowest BCUT2D eigenvalue weighted by atomic mass is 10.0. The molecular formula is C16H23ClN2O. The third-order valence-corrected chi connectivity index (χ3v) is 4.53. The Morgan fingerprint density at radius 1 is 1.25 bits per heavy atom. The predicted octanol–water partition coefficient (Wildman–Crippen LogP) is 3.20. The quantitative estimate of drug-likeness (QED) is 0.895. The second-order valence-corrected chi connectivity index (χ2v) is 5.86. The normalized spacial score (nSPS) is 27.1. The molecule has 2 atom stereocenters. The van der Waals surface area contributed by atoms with Gasteiger partial charge in [0.2, 0.25) is 5.91 Å². The molecule has 0 radical (unpaired) electrons. The van der Waals surface area contributed by atoms with Crippen LogP contribution in [0.5, 0.6) is 0 Å². The lowest BCUT2D eigenvalue weighted by Crippen LogP contribution is -2.16. The van der Waals surface area contributed by atoms with Crippen LogP contribution in [0.25, 0.3) is 0 Å². The zero-order chi connectivity index (χ0) is 13.2. The van der Waals surface area contributed by atoms with Crippen LogP contribution in [-0.2, 0) is 11.3 Å². The van der Waals surface area contributed by atoms with Crippen molar-refractivity contribution in [3.8, 4) is 0 Å². The first-order valence-corrected chi connectivity index (χ1v) is 7.34. The van der Waals surface area contributed by atoms with E-state index in [0.717, 1.165) is 12.2 Å². The van der Waals surface area contributed by atoms with E-state index < -0.39 is 0 Å². The summed E-state index contributed by atoms with van der Waals surface area (Å²) >= 11 is 0. The van der Waals surface area contributed by atoms with Gasteiger partial charge >= 0.3 is 0 Å². The van der Waals surface area contributed by atoms with E-state index in [2.05, 4.69) is 22.8 Å². The number of halogens is 1. The topological polar surface area (TPSA) is 41.1 Å². The van der Waals surface area contributed by atoms with Gasteiger partial charge in [0.25, 0.3) is 0 Å². The summed E-state index contributed by atoms with van der Waals surface area (Å²) < 4.78 is 0.